The first-order chi connectivity index (χ1) is 8.79. The van der Waals surface area contributed by atoms with Gasteiger partial charge in [0.05, 0.1) is 6.61 Å². The number of anilines is 1. The molecule has 1 heterocycles. The Kier molecular flexibility index (Phi) is 4.88. The summed E-state index contributed by atoms with van der Waals surface area (Å²) < 4.78 is 5.77. The molecule has 1 atom stereocenters. The van der Waals surface area contributed by atoms with E-state index in [1.807, 2.05) is 24.3 Å². The predicted molar refractivity (Wildman–Crippen MR) is 75.9 cm³/mol. The fraction of sp³-hybridized carbons (Fsp3) is 0.600. The van der Waals surface area contributed by atoms with Gasteiger partial charge in [-0.15, -0.1) is 0 Å². The van der Waals surface area contributed by atoms with E-state index in [0.717, 1.165) is 31.0 Å². The summed E-state index contributed by atoms with van der Waals surface area (Å²) >= 11 is 0. The summed E-state index contributed by atoms with van der Waals surface area (Å²) in [7, 11) is 0. The Morgan fingerprint density at radius 2 is 2.06 bits per heavy atom. The van der Waals surface area contributed by atoms with Gasteiger partial charge in [-0.1, -0.05) is 13.3 Å². The van der Waals surface area contributed by atoms with Crippen molar-refractivity contribution in [1.82, 2.24) is 4.90 Å². The predicted octanol–water partition coefficient (Wildman–Crippen LogP) is 2.91. The van der Waals surface area contributed by atoms with Gasteiger partial charge in [-0.05, 0) is 56.6 Å². The van der Waals surface area contributed by atoms with Crippen molar-refractivity contribution in [2.24, 2.45) is 0 Å². The lowest BCUT2D eigenvalue weighted by molar-refractivity contribution is 0.130. The first-order valence-corrected chi connectivity index (χ1v) is 7.02. The molecular weight excluding hydrogens is 224 g/mol. The number of piperidine rings is 1. The monoisotopic (exact) mass is 248 g/mol. The van der Waals surface area contributed by atoms with Crippen molar-refractivity contribution in [3.8, 4) is 5.75 Å². The summed E-state index contributed by atoms with van der Waals surface area (Å²) in [6.07, 6.45) is 5.16. The van der Waals surface area contributed by atoms with Crippen molar-refractivity contribution in [3.05, 3.63) is 24.3 Å². The number of likely N-dealkylation sites (tertiary alicyclic amines) is 1. The van der Waals surface area contributed by atoms with Gasteiger partial charge in [-0.3, -0.25) is 0 Å². The first kappa shape index (κ1) is 13.2. The number of nitrogens with zero attached hydrogens (tertiary/aromatic N) is 1. The zero-order valence-electron chi connectivity index (χ0n) is 11.3. The molecule has 1 aliphatic rings. The highest BCUT2D eigenvalue weighted by Gasteiger charge is 2.20. The van der Waals surface area contributed by atoms with Gasteiger partial charge >= 0.3 is 0 Å². The van der Waals surface area contributed by atoms with E-state index in [4.69, 9.17) is 10.5 Å². The molecule has 0 saturated carbocycles. The summed E-state index contributed by atoms with van der Waals surface area (Å²) in [4.78, 5) is 2.58. The molecule has 0 aromatic heterocycles. The lowest BCUT2D eigenvalue weighted by Gasteiger charge is -2.34. The molecule has 1 aromatic rings. The van der Waals surface area contributed by atoms with Crippen LogP contribution in [-0.4, -0.2) is 30.6 Å². The first-order valence-electron chi connectivity index (χ1n) is 7.02. The van der Waals surface area contributed by atoms with Crippen molar-refractivity contribution >= 4 is 5.69 Å². The van der Waals surface area contributed by atoms with Crippen molar-refractivity contribution in [2.75, 3.05) is 25.4 Å². The van der Waals surface area contributed by atoms with Crippen LogP contribution in [0.15, 0.2) is 24.3 Å². The summed E-state index contributed by atoms with van der Waals surface area (Å²) in [5, 5.41) is 0. The van der Waals surface area contributed by atoms with Crippen LogP contribution in [0.2, 0.25) is 0 Å². The second-order valence-electron chi connectivity index (χ2n) is 4.98. The summed E-state index contributed by atoms with van der Waals surface area (Å²) in [6, 6.07) is 8.35. The quantitative estimate of drug-likeness (QED) is 0.814. The van der Waals surface area contributed by atoms with E-state index in [9.17, 15) is 0 Å². The van der Waals surface area contributed by atoms with Crippen LogP contribution >= 0.6 is 0 Å². The maximum absolute atomic E-state index is 5.77. The van der Waals surface area contributed by atoms with Gasteiger partial charge in [0.2, 0.25) is 0 Å². The molecule has 0 bridgehead atoms. The molecule has 1 unspecified atom stereocenters. The van der Waals surface area contributed by atoms with Gasteiger partial charge in [-0.2, -0.15) is 0 Å². The molecule has 2 rings (SSSR count). The van der Waals surface area contributed by atoms with Crippen molar-refractivity contribution < 1.29 is 4.74 Å². The second-order valence-corrected chi connectivity index (χ2v) is 4.98. The zero-order valence-corrected chi connectivity index (χ0v) is 11.3. The largest absolute Gasteiger partial charge is 0.494 e. The maximum Gasteiger partial charge on any atom is 0.119 e. The molecule has 3 heteroatoms. The van der Waals surface area contributed by atoms with E-state index in [-0.39, 0.29) is 0 Å². The number of hydrogen-bond acceptors (Lipinski definition) is 3. The Morgan fingerprint density at radius 1 is 1.28 bits per heavy atom. The van der Waals surface area contributed by atoms with Crippen LogP contribution in [0.5, 0.6) is 5.75 Å². The van der Waals surface area contributed by atoms with E-state index in [1.54, 1.807) is 0 Å². The number of nitrogens with two attached hydrogens (primary N) is 1. The zero-order chi connectivity index (χ0) is 12.8. The molecular formula is C15H24N2O. The van der Waals surface area contributed by atoms with Gasteiger partial charge in [0.25, 0.3) is 0 Å². The molecule has 3 nitrogen and oxygen atoms in total. The number of hydrogen-bond donors (Lipinski definition) is 1. The van der Waals surface area contributed by atoms with Gasteiger partial charge in [-0.25, -0.2) is 0 Å². The lowest BCUT2D eigenvalue weighted by Crippen LogP contribution is -2.40. The van der Waals surface area contributed by atoms with Crippen molar-refractivity contribution in [1.29, 1.82) is 0 Å². The van der Waals surface area contributed by atoms with Gasteiger partial charge in [0.15, 0.2) is 0 Å². The Labute approximate surface area is 110 Å². The number of rotatable bonds is 5. The molecule has 0 amide bonds. The van der Waals surface area contributed by atoms with Crippen LogP contribution in [0, 0.1) is 0 Å². The average molecular weight is 248 g/mol. The Morgan fingerprint density at radius 3 is 2.78 bits per heavy atom. The molecule has 18 heavy (non-hydrogen) atoms. The standard InChI is InChI=1S/C15H24N2O/c1-2-17-11-4-3-5-14(17)10-12-18-15-8-6-13(16)7-9-15/h6-9,14H,2-5,10-12,16H2,1H3. The normalized spacial score (nSPS) is 20.8. The van der Waals surface area contributed by atoms with Crippen molar-refractivity contribution in [2.45, 2.75) is 38.6 Å². The maximum atomic E-state index is 5.77. The molecule has 2 N–H and O–H groups in total. The van der Waals surface area contributed by atoms with Gasteiger partial charge < -0.3 is 15.4 Å². The van der Waals surface area contributed by atoms with E-state index in [1.165, 1.54) is 25.8 Å². The summed E-state index contributed by atoms with van der Waals surface area (Å²) in [5.74, 6) is 0.919. The molecule has 100 valence electrons. The molecule has 1 aliphatic heterocycles. The molecule has 1 saturated heterocycles. The highest BCUT2D eigenvalue weighted by molar-refractivity contribution is 5.41. The summed E-state index contributed by atoms with van der Waals surface area (Å²) in [6.45, 7) is 5.46. The fourth-order valence-electron chi connectivity index (χ4n) is 2.68. The molecule has 0 radical (unpaired) electrons. The number of ether oxygens (including phenoxy) is 1. The highest BCUT2D eigenvalue weighted by atomic mass is 16.5. The minimum Gasteiger partial charge on any atom is -0.494 e. The fourth-order valence-corrected chi connectivity index (χ4v) is 2.68. The van der Waals surface area contributed by atoms with E-state index in [2.05, 4.69) is 11.8 Å². The van der Waals surface area contributed by atoms with Crippen LogP contribution < -0.4 is 10.5 Å². The van der Waals surface area contributed by atoms with Crippen LogP contribution in [0.25, 0.3) is 0 Å². The van der Waals surface area contributed by atoms with E-state index >= 15 is 0 Å². The third kappa shape index (κ3) is 3.64. The Bertz CT molecular complexity index is 350. The third-order valence-corrected chi connectivity index (χ3v) is 3.76. The lowest BCUT2D eigenvalue weighted by atomic mass is 10.00. The third-order valence-electron chi connectivity index (χ3n) is 3.76. The van der Waals surface area contributed by atoms with E-state index in [0.29, 0.717) is 6.04 Å². The molecule has 1 aromatic carbocycles. The van der Waals surface area contributed by atoms with Gasteiger partial charge in [0.1, 0.15) is 5.75 Å². The van der Waals surface area contributed by atoms with Crippen LogP contribution in [0.1, 0.15) is 32.6 Å². The number of benzene rings is 1. The van der Waals surface area contributed by atoms with Crippen molar-refractivity contribution in [3.63, 3.8) is 0 Å². The topological polar surface area (TPSA) is 38.5 Å². The van der Waals surface area contributed by atoms with Crippen LogP contribution in [-0.2, 0) is 0 Å². The minimum atomic E-state index is 0.706. The van der Waals surface area contributed by atoms with E-state index < -0.39 is 0 Å². The van der Waals surface area contributed by atoms with Crippen LogP contribution in [0.3, 0.4) is 0 Å². The van der Waals surface area contributed by atoms with Crippen LogP contribution in [0.4, 0.5) is 5.69 Å². The van der Waals surface area contributed by atoms with Gasteiger partial charge in [0, 0.05) is 11.7 Å². The second kappa shape index (κ2) is 6.64. The molecule has 1 fully saturated rings. The Balaban J connectivity index is 1.75. The SMILES string of the molecule is CCN1CCCCC1CCOc1ccc(N)cc1. The minimum absolute atomic E-state index is 0.706. The molecule has 0 spiro atoms. The smallest absolute Gasteiger partial charge is 0.119 e. The average Bonchev–Trinajstić information content (AvgIpc) is 2.41. The molecule has 0 aliphatic carbocycles. The number of nitrogen functional groups attached to an aromatic ring is 1. The highest BCUT2D eigenvalue weighted by Crippen LogP contribution is 2.20. The summed E-state index contributed by atoms with van der Waals surface area (Å²) in [5.41, 5.74) is 6.43. The Hall–Kier alpha value is -1.22.